The van der Waals surface area contributed by atoms with Gasteiger partial charge in [0.05, 0.1) is 12.0 Å². The predicted molar refractivity (Wildman–Crippen MR) is 160 cm³/mol. The van der Waals surface area contributed by atoms with Crippen molar-refractivity contribution in [3.63, 3.8) is 0 Å². The Morgan fingerprint density at radius 3 is 2.33 bits per heavy atom. The summed E-state index contributed by atoms with van der Waals surface area (Å²) in [5, 5.41) is 3.07. The fourth-order valence-corrected chi connectivity index (χ4v) is 7.13. The lowest BCUT2D eigenvalue weighted by Crippen LogP contribution is -2.51. The van der Waals surface area contributed by atoms with Crippen LogP contribution in [0.15, 0.2) is 108 Å². The molecule has 5 nitrogen and oxygen atoms in total. The van der Waals surface area contributed by atoms with Crippen LogP contribution in [0, 0.1) is 12.8 Å². The summed E-state index contributed by atoms with van der Waals surface area (Å²) in [7, 11) is 0. The summed E-state index contributed by atoms with van der Waals surface area (Å²) in [5.74, 6) is -1.66. The average Bonchev–Trinajstić information content (AvgIpc) is 3.45. The van der Waals surface area contributed by atoms with E-state index in [0.29, 0.717) is 16.8 Å². The standard InChI is InChI=1S/C34H25BrN2O3/c1-20-11-17-27-23(19-20)14-18-28-34(25-9-5-6-10-26(25)36-33(34)40)29(31(38)22-12-15-24(35)16-13-22)30(37(27)28)32(39)21-7-3-2-4-8-21/h2-19,28-30H,1H3,(H,36,40)/t28-,29+,30-,34-/m0/s1. The van der Waals surface area contributed by atoms with Crippen LogP contribution in [0.2, 0.25) is 0 Å². The second-order valence-corrected chi connectivity index (χ2v) is 11.6. The van der Waals surface area contributed by atoms with Crippen molar-refractivity contribution < 1.29 is 14.4 Å². The summed E-state index contributed by atoms with van der Waals surface area (Å²) in [6, 6.07) is 28.4. The van der Waals surface area contributed by atoms with E-state index in [2.05, 4.69) is 27.3 Å². The minimum absolute atomic E-state index is 0.183. The number of fused-ring (bicyclic) bond motifs is 6. The molecule has 3 aliphatic heterocycles. The predicted octanol–water partition coefficient (Wildman–Crippen LogP) is 6.61. The number of benzene rings is 4. The topological polar surface area (TPSA) is 66.5 Å². The highest BCUT2D eigenvalue weighted by Gasteiger charge is 2.70. The molecular formula is C34H25BrN2O3. The lowest BCUT2D eigenvalue weighted by atomic mass is 9.64. The van der Waals surface area contributed by atoms with Crippen LogP contribution in [0.4, 0.5) is 11.4 Å². The Kier molecular flexibility index (Phi) is 5.65. The summed E-state index contributed by atoms with van der Waals surface area (Å²) in [4.78, 5) is 45.7. The van der Waals surface area contributed by atoms with Crippen LogP contribution in [0.25, 0.3) is 6.08 Å². The average molecular weight is 589 g/mol. The molecule has 3 heterocycles. The van der Waals surface area contributed by atoms with Gasteiger partial charge in [-0.05, 0) is 48.4 Å². The number of rotatable bonds is 4. The molecule has 1 spiro atoms. The van der Waals surface area contributed by atoms with E-state index < -0.39 is 23.4 Å². The van der Waals surface area contributed by atoms with Gasteiger partial charge in [-0.2, -0.15) is 0 Å². The maximum atomic E-state index is 14.7. The minimum atomic E-state index is -1.31. The number of para-hydroxylation sites is 1. The van der Waals surface area contributed by atoms with Crippen molar-refractivity contribution in [2.45, 2.75) is 24.4 Å². The molecule has 1 fully saturated rings. The number of nitrogens with one attached hydrogen (secondary N) is 1. The number of Topliss-reactive ketones (excluding diaryl/α,β-unsaturated/α-hetero) is 2. The number of hydrogen-bond donors (Lipinski definition) is 1. The van der Waals surface area contributed by atoms with Crippen molar-refractivity contribution in [3.8, 4) is 0 Å². The lowest BCUT2D eigenvalue weighted by molar-refractivity contribution is -0.121. The van der Waals surface area contributed by atoms with Gasteiger partial charge < -0.3 is 10.2 Å². The number of carbonyl (C=O) groups excluding carboxylic acids is 3. The Morgan fingerprint density at radius 2 is 1.55 bits per heavy atom. The number of nitrogens with zero attached hydrogens (tertiary/aromatic N) is 1. The molecular weight excluding hydrogens is 564 g/mol. The summed E-state index contributed by atoms with van der Waals surface area (Å²) in [6.07, 6.45) is 4.03. The molecule has 3 aliphatic rings. The quantitative estimate of drug-likeness (QED) is 0.272. The molecule has 0 radical (unpaired) electrons. The third-order valence-electron chi connectivity index (χ3n) is 8.53. The van der Waals surface area contributed by atoms with Gasteiger partial charge in [0.25, 0.3) is 0 Å². The molecule has 4 aromatic rings. The van der Waals surface area contributed by atoms with E-state index >= 15 is 0 Å². The number of halogens is 1. The highest BCUT2D eigenvalue weighted by Crippen LogP contribution is 2.58. The molecule has 0 aromatic heterocycles. The normalized spacial score (nSPS) is 23.9. The molecule has 1 N–H and O–H groups in total. The van der Waals surface area contributed by atoms with Crippen molar-refractivity contribution in [1.29, 1.82) is 0 Å². The first-order valence-corrected chi connectivity index (χ1v) is 14.1. The Labute approximate surface area is 240 Å². The van der Waals surface area contributed by atoms with Crippen LogP contribution in [0.3, 0.4) is 0 Å². The Hall–Kier alpha value is -4.29. The summed E-state index contributed by atoms with van der Waals surface area (Å²) in [6.45, 7) is 2.03. The first kappa shape index (κ1) is 24.7. The molecule has 40 heavy (non-hydrogen) atoms. The van der Waals surface area contributed by atoms with E-state index in [1.54, 1.807) is 24.3 Å². The molecule has 0 saturated carbocycles. The molecule has 0 unspecified atom stereocenters. The molecule has 6 heteroatoms. The first-order valence-electron chi connectivity index (χ1n) is 13.3. The van der Waals surface area contributed by atoms with Crippen molar-refractivity contribution in [1.82, 2.24) is 0 Å². The van der Waals surface area contributed by atoms with Gasteiger partial charge in [-0.3, -0.25) is 14.4 Å². The first-order chi connectivity index (χ1) is 19.4. The van der Waals surface area contributed by atoms with Crippen LogP contribution in [0.1, 0.15) is 37.4 Å². The zero-order chi connectivity index (χ0) is 27.6. The summed E-state index contributed by atoms with van der Waals surface area (Å²) < 4.78 is 0.843. The van der Waals surface area contributed by atoms with Gasteiger partial charge in [-0.15, -0.1) is 0 Å². The number of amides is 1. The maximum Gasteiger partial charge on any atom is 0.238 e. The number of ketones is 2. The molecule has 1 saturated heterocycles. The van der Waals surface area contributed by atoms with Crippen LogP contribution in [0.5, 0.6) is 0 Å². The van der Waals surface area contributed by atoms with Crippen molar-refractivity contribution in [2.75, 3.05) is 10.2 Å². The highest BCUT2D eigenvalue weighted by atomic mass is 79.9. The number of carbonyl (C=O) groups is 3. The fourth-order valence-electron chi connectivity index (χ4n) is 6.87. The van der Waals surface area contributed by atoms with E-state index in [-0.39, 0.29) is 17.5 Å². The molecule has 7 rings (SSSR count). The second kappa shape index (κ2) is 9.14. The number of anilines is 2. The van der Waals surface area contributed by atoms with Crippen molar-refractivity contribution in [3.05, 3.63) is 135 Å². The smallest absolute Gasteiger partial charge is 0.238 e. The van der Waals surface area contributed by atoms with Crippen LogP contribution < -0.4 is 10.2 Å². The molecule has 196 valence electrons. The number of aryl methyl sites for hydroxylation is 1. The Morgan fingerprint density at radius 1 is 0.850 bits per heavy atom. The lowest BCUT2D eigenvalue weighted by Gasteiger charge is -2.37. The Balaban J connectivity index is 1.54. The van der Waals surface area contributed by atoms with Crippen LogP contribution in [-0.2, 0) is 10.2 Å². The molecule has 0 bridgehead atoms. The highest BCUT2D eigenvalue weighted by molar-refractivity contribution is 9.10. The van der Waals surface area contributed by atoms with Gasteiger partial charge in [0.1, 0.15) is 11.5 Å². The van der Waals surface area contributed by atoms with Gasteiger partial charge in [-0.25, -0.2) is 0 Å². The largest absolute Gasteiger partial charge is 0.352 e. The van der Waals surface area contributed by atoms with Crippen molar-refractivity contribution >= 4 is 50.9 Å². The van der Waals surface area contributed by atoms with E-state index in [0.717, 1.165) is 26.9 Å². The third-order valence-corrected chi connectivity index (χ3v) is 9.05. The molecule has 4 atom stereocenters. The Bertz CT molecular complexity index is 1730. The second-order valence-electron chi connectivity index (χ2n) is 10.7. The van der Waals surface area contributed by atoms with Crippen molar-refractivity contribution in [2.24, 2.45) is 5.92 Å². The molecule has 0 aliphatic carbocycles. The minimum Gasteiger partial charge on any atom is -0.352 e. The van der Waals surface area contributed by atoms with E-state index in [9.17, 15) is 14.4 Å². The van der Waals surface area contributed by atoms with E-state index in [1.807, 2.05) is 90.7 Å². The van der Waals surface area contributed by atoms with Gasteiger partial charge in [-0.1, -0.05) is 100 Å². The van der Waals surface area contributed by atoms with Gasteiger partial charge in [0, 0.05) is 27.0 Å². The summed E-state index contributed by atoms with van der Waals surface area (Å²) in [5.41, 5.74) is 3.97. The summed E-state index contributed by atoms with van der Waals surface area (Å²) >= 11 is 3.46. The van der Waals surface area contributed by atoms with Gasteiger partial charge in [0.15, 0.2) is 11.6 Å². The zero-order valence-electron chi connectivity index (χ0n) is 21.7. The fraction of sp³-hybridized carbons (Fsp3) is 0.147. The van der Waals surface area contributed by atoms with Crippen LogP contribution in [-0.4, -0.2) is 29.6 Å². The zero-order valence-corrected chi connectivity index (χ0v) is 23.3. The van der Waals surface area contributed by atoms with E-state index in [4.69, 9.17) is 0 Å². The SMILES string of the molecule is Cc1ccc2c(c1)C=C[C@@H]1N2[C@H](C(=O)c2ccccc2)[C@H](C(=O)c2ccc(Br)cc2)[C@@]12C(=O)Nc1ccccc12. The number of hydrogen-bond acceptors (Lipinski definition) is 4. The maximum absolute atomic E-state index is 14.7. The van der Waals surface area contributed by atoms with E-state index in [1.165, 1.54) is 0 Å². The third kappa shape index (κ3) is 3.42. The molecule has 4 aromatic carbocycles. The van der Waals surface area contributed by atoms with Gasteiger partial charge >= 0.3 is 0 Å². The van der Waals surface area contributed by atoms with Gasteiger partial charge in [0.2, 0.25) is 5.91 Å². The van der Waals surface area contributed by atoms with Crippen LogP contribution >= 0.6 is 15.9 Å². The monoisotopic (exact) mass is 588 g/mol. The molecule has 1 amide bonds.